The lowest BCUT2D eigenvalue weighted by molar-refractivity contribution is -0.122. The molecule has 1 saturated carbocycles. The first-order valence-corrected chi connectivity index (χ1v) is 5.67. The minimum Gasteiger partial charge on any atom is -0.314 e. The number of rotatable bonds is 0. The van der Waals surface area contributed by atoms with Crippen molar-refractivity contribution in [3.63, 3.8) is 0 Å². The quantitative estimate of drug-likeness (QED) is 0.557. The summed E-state index contributed by atoms with van der Waals surface area (Å²) in [6.45, 7) is 2.16. The average Bonchev–Trinajstić information content (AvgIpc) is 2.93. The third-order valence-electron chi connectivity index (χ3n) is 3.65. The number of hydrogen-bond donors (Lipinski definition) is 0. The van der Waals surface area contributed by atoms with E-state index in [1.165, 1.54) is 11.1 Å². The van der Waals surface area contributed by atoms with Crippen molar-refractivity contribution in [3.05, 3.63) is 22.8 Å². The molecule has 0 bridgehead atoms. The summed E-state index contributed by atoms with van der Waals surface area (Å²) in [5.74, 6) is 0.242. The standard InChI is InChI=1S/C11H14NOP/c1-7-2-3-8-9(6-7)11(4-5-11)12(14)10(8)13/h6H,2-5,14H2,1H3. The maximum atomic E-state index is 11.9. The largest absolute Gasteiger partial charge is 0.314 e. The molecule has 1 heterocycles. The summed E-state index contributed by atoms with van der Waals surface area (Å²) in [6.07, 6.45) is 6.53. The number of hydrogen-bond acceptors (Lipinski definition) is 1. The van der Waals surface area contributed by atoms with Crippen LogP contribution in [0.25, 0.3) is 0 Å². The van der Waals surface area contributed by atoms with Crippen molar-refractivity contribution in [3.8, 4) is 0 Å². The number of nitrogens with zero attached hydrogens (tertiary/aromatic N) is 1. The van der Waals surface area contributed by atoms with Crippen LogP contribution in [-0.4, -0.2) is 16.1 Å². The Balaban J connectivity index is 2.14. The first kappa shape index (κ1) is 8.67. The van der Waals surface area contributed by atoms with Crippen LogP contribution in [0.1, 0.15) is 32.6 Å². The molecular formula is C11H14NOP. The Bertz CT molecular complexity index is 390. The van der Waals surface area contributed by atoms with E-state index in [-0.39, 0.29) is 11.4 Å². The van der Waals surface area contributed by atoms with Gasteiger partial charge in [0.25, 0.3) is 5.91 Å². The van der Waals surface area contributed by atoms with Crippen LogP contribution in [-0.2, 0) is 4.79 Å². The summed E-state index contributed by atoms with van der Waals surface area (Å²) in [5.41, 5.74) is 3.91. The highest BCUT2D eigenvalue weighted by atomic mass is 31.0. The van der Waals surface area contributed by atoms with E-state index in [9.17, 15) is 4.79 Å². The molecule has 0 aromatic carbocycles. The van der Waals surface area contributed by atoms with Gasteiger partial charge in [-0.15, -0.1) is 0 Å². The van der Waals surface area contributed by atoms with Crippen molar-refractivity contribution in [2.24, 2.45) is 0 Å². The predicted octanol–water partition coefficient (Wildman–Crippen LogP) is 2.19. The van der Waals surface area contributed by atoms with Crippen LogP contribution in [0, 0.1) is 0 Å². The number of allylic oxidation sites excluding steroid dienone is 1. The van der Waals surface area contributed by atoms with Crippen LogP contribution in [0.3, 0.4) is 0 Å². The number of amides is 1. The smallest absolute Gasteiger partial charge is 0.253 e. The Labute approximate surface area is 86.3 Å². The van der Waals surface area contributed by atoms with Crippen molar-refractivity contribution >= 4 is 15.3 Å². The highest BCUT2D eigenvalue weighted by molar-refractivity contribution is 7.15. The van der Waals surface area contributed by atoms with Gasteiger partial charge in [-0.25, -0.2) is 0 Å². The molecule has 3 aliphatic rings. The highest BCUT2D eigenvalue weighted by Gasteiger charge is 2.57. The molecule has 3 heteroatoms. The predicted molar refractivity (Wildman–Crippen MR) is 58.5 cm³/mol. The van der Waals surface area contributed by atoms with Gasteiger partial charge in [0, 0.05) is 5.57 Å². The molecule has 0 aromatic rings. The van der Waals surface area contributed by atoms with Gasteiger partial charge >= 0.3 is 0 Å². The SMILES string of the molecule is CC1=CC2=C(CC1)C(=O)N(P)C21CC1. The van der Waals surface area contributed by atoms with Crippen molar-refractivity contribution in [2.45, 2.75) is 38.1 Å². The molecule has 0 radical (unpaired) electrons. The lowest BCUT2D eigenvalue weighted by Gasteiger charge is -2.21. The van der Waals surface area contributed by atoms with Crippen LogP contribution < -0.4 is 0 Å². The van der Waals surface area contributed by atoms with Gasteiger partial charge in [-0.2, -0.15) is 0 Å². The molecule has 2 nitrogen and oxygen atoms in total. The zero-order valence-corrected chi connectivity index (χ0v) is 9.49. The Morgan fingerprint density at radius 2 is 2.14 bits per heavy atom. The zero-order valence-electron chi connectivity index (χ0n) is 8.34. The molecule has 1 amide bonds. The Morgan fingerprint density at radius 3 is 2.79 bits per heavy atom. The molecule has 0 aromatic heterocycles. The summed E-state index contributed by atoms with van der Waals surface area (Å²) >= 11 is 0. The van der Waals surface area contributed by atoms with E-state index in [4.69, 9.17) is 0 Å². The topological polar surface area (TPSA) is 20.3 Å². The summed E-state index contributed by atoms with van der Waals surface area (Å²) < 4.78 is 1.88. The lowest BCUT2D eigenvalue weighted by Crippen LogP contribution is -2.27. The second-order valence-corrected chi connectivity index (χ2v) is 5.11. The number of carbonyl (C=O) groups is 1. The fraction of sp³-hybridized carbons (Fsp3) is 0.545. The summed E-state index contributed by atoms with van der Waals surface area (Å²) in [6, 6.07) is 0. The maximum Gasteiger partial charge on any atom is 0.253 e. The monoisotopic (exact) mass is 207 g/mol. The third kappa shape index (κ3) is 0.878. The van der Waals surface area contributed by atoms with E-state index >= 15 is 0 Å². The first-order chi connectivity index (χ1) is 6.65. The Kier molecular flexibility index (Phi) is 1.54. The highest BCUT2D eigenvalue weighted by Crippen LogP contribution is 2.57. The molecular weight excluding hydrogens is 193 g/mol. The second kappa shape index (κ2) is 2.49. The fourth-order valence-electron chi connectivity index (χ4n) is 2.60. The maximum absolute atomic E-state index is 11.9. The molecule has 2 aliphatic carbocycles. The molecule has 1 atom stereocenters. The molecule has 3 rings (SSSR count). The summed E-state index contributed by atoms with van der Waals surface area (Å²) in [5, 5.41) is 0. The van der Waals surface area contributed by atoms with E-state index in [1.807, 2.05) is 4.67 Å². The molecule has 1 fully saturated rings. The van der Waals surface area contributed by atoms with E-state index in [2.05, 4.69) is 22.4 Å². The van der Waals surface area contributed by atoms with Gasteiger partial charge in [-0.3, -0.25) is 4.79 Å². The normalized spacial score (nSPS) is 28.3. The second-order valence-electron chi connectivity index (χ2n) is 4.59. The van der Waals surface area contributed by atoms with Crippen molar-refractivity contribution < 1.29 is 4.79 Å². The van der Waals surface area contributed by atoms with Gasteiger partial charge in [0.05, 0.1) is 5.54 Å². The molecule has 14 heavy (non-hydrogen) atoms. The van der Waals surface area contributed by atoms with Crippen molar-refractivity contribution in [1.29, 1.82) is 0 Å². The molecule has 1 aliphatic heterocycles. The minimum absolute atomic E-state index is 0.0960. The Hall–Kier alpha value is -0.620. The average molecular weight is 207 g/mol. The summed E-state index contributed by atoms with van der Waals surface area (Å²) in [7, 11) is 2.60. The van der Waals surface area contributed by atoms with Gasteiger partial charge in [0.1, 0.15) is 0 Å². The number of fused-ring (bicyclic) bond motifs is 1. The summed E-state index contributed by atoms with van der Waals surface area (Å²) in [4.78, 5) is 11.9. The van der Waals surface area contributed by atoms with Gasteiger partial charge in [-0.05, 0) is 47.6 Å². The first-order valence-electron chi connectivity index (χ1n) is 5.15. The van der Waals surface area contributed by atoms with Crippen molar-refractivity contribution in [1.82, 2.24) is 4.67 Å². The molecule has 74 valence electrons. The van der Waals surface area contributed by atoms with Crippen LogP contribution in [0.5, 0.6) is 0 Å². The van der Waals surface area contributed by atoms with E-state index in [1.54, 1.807) is 0 Å². The molecule has 1 unspecified atom stereocenters. The molecule has 1 spiro atoms. The molecule has 0 saturated heterocycles. The van der Waals surface area contributed by atoms with Crippen LogP contribution >= 0.6 is 9.39 Å². The third-order valence-corrected chi connectivity index (χ3v) is 4.38. The lowest BCUT2D eigenvalue weighted by atomic mass is 9.91. The van der Waals surface area contributed by atoms with Crippen LogP contribution in [0.2, 0.25) is 0 Å². The van der Waals surface area contributed by atoms with E-state index in [0.717, 1.165) is 31.3 Å². The van der Waals surface area contributed by atoms with E-state index < -0.39 is 0 Å². The molecule has 0 N–H and O–H groups in total. The Morgan fingerprint density at radius 1 is 1.43 bits per heavy atom. The fourth-order valence-corrected chi connectivity index (χ4v) is 3.15. The number of carbonyl (C=O) groups excluding carboxylic acids is 1. The van der Waals surface area contributed by atoms with E-state index in [0.29, 0.717) is 0 Å². The zero-order chi connectivity index (χ0) is 9.92. The minimum atomic E-state index is 0.0960. The van der Waals surface area contributed by atoms with Gasteiger partial charge in [0.2, 0.25) is 0 Å². The van der Waals surface area contributed by atoms with Crippen LogP contribution in [0.15, 0.2) is 22.8 Å². The van der Waals surface area contributed by atoms with Crippen molar-refractivity contribution in [2.75, 3.05) is 0 Å². The van der Waals surface area contributed by atoms with Crippen LogP contribution in [0.4, 0.5) is 0 Å². The van der Waals surface area contributed by atoms with Gasteiger partial charge in [0.15, 0.2) is 0 Å². The van der Waals surface area contributed by atoms with Gasteiger partial charge in [-0.1, -0.05) is 11.6 Å². The van der Waals surface area contributed by atoms with Gasteiger partial charge < -0.3 is 4.67 Å².